The Kier molecular flexibility index (Phi) is 2.12. The smallest absolute Gasteiger partial charge is 0.130 e. The molecule has 62 valence electrons. The van der Waals surface area contributed by atoms with Gasteiger partial charge < -0.3 is 0 Å². The molecule has 0 unspecified atom stereocenters. The molecule has 0 radical (unpaired) electrons. The van der Waals surface area contributed by atoms with E-state index in [0.717, 1.165) is 6.42 Å². The maximum atomic E-state index is 4.37. The average molecular weight is 152 g/mol. The molecule has 11 heavy (non-hydrogen) atoms. The summed E-state index contributed by atoms with van der Waals surface area (Å²) >= 11 is 0. The van der Waals surface area contributed by atoms with Crippen LogP contribution < -0.4 is 0 Å². The van der Waals surface area contributed by atoms with Crippen LogP contribution in [0.4, 0.5) is 0 Å². The zero-order chi connectivity index (χ0) is 8.48. The Hall–Kier alpha value is -0.660. The Bertz CT molecular complexity index is 206. The molecule has 0 amide bonds. The second kappa shape index (κ2) is 2.76. The first-order valence-corrected chi connectivity index (χ1v) is 4.14. The Morgan fingerprint density at radius 3 is 2.27 bits per heavy atom. The van der Waals surface area contributed by atoms with E-state index < -0.39 is 0 Å². The molecule has 0 aromatic rings. The molecule has 1 rings (SSSR count). The predicted octanol–water partition coefficient (Wildman–Crippen LogP) is 2.30. The highest BCUT2D eigenvalue weighted by Gasteiger charge is 2.24. The predicted molar refractivity (Wildman–Crippen MR) is 49.5 cm³/mol. The summed E-state index contributed by atoms with van der Waals surface area (Å²) in [6.07, 6.45) is 1.01. The average Bonchev–Trinajstić information content (AvgIpc) is 2.31. The molecule has 0 aromatic heterocycles. The maximum absolute atomic E-state index is 4.37. The lowest BCUT2D eigenvalue weighted by molar-refractivity contribution is 0.597. The highest BCUT2D eigenvalue weighted by Crippen LogP contribution is 2.20. The van der Waals surface area contributed by atoms with Gasteiger partial charge in [0.15, 0.2) is 0 Å². The van der Waals surface area contributed by atoms with E-state index in [4.69, 9.17) is 0 Å². The molecule has 0 saturated heterocycles. The van der Waals surface area contributed by atoms with Crippen molar-refractivity contribution in [1.29, 1.82) is 0 Å². The maximum Gasteiger partial charge on any atom is 0.130 e. The van der Waals surface area contributed by atoms with Gasteiger partial charge in [0.1, 0.15) is 6.67 Å². The normalized spacial score (nSPS) is 18.2. The van der Waals surface area contributed by atoms with Crippen LogP contribution in [0.3, 0.4) is 0 Å². The Morgan fingerprint density at radius 2 is 1.91 bits per heavy atom. The third kappa shape index (κ3) is 1.67. The van der Waals surface area contributed by atoms with Crippen LogP contribution in [0.15, 0.2) is 9.98 Å². The van der Waals surface area contributed by atoms with E-state index >= 15 is 0 Å². The molecule has 0 bridgehead atoms. The lowest BCUT2D eigenvalue weighted by atomic mass is 9.86. The summed E-state index contributed by atoms with van der Waals surface area (Å²) in [6, 6.07) is 0. The van der Waals surface area contributed by atoms with Crippen LogP contribution in [0.1, 0.15) is 34.1 Å². The van der Waals surface area contributed by atoms with Gasteiger partial charge in [-0.2, -0.15) is 0 Å². The summed E-state index contributed by atoms with van der Waals surface area (Å²) in [5.41, 5.74) is 2.56. The summed E-state index contributed by atoms with van der Waals surface area (Å²) in [7, 11) is 0. The molecule has 2 heteroatoms. The first-order valence-electron chi connectivity index (χ1n) is 4.14. The van der Waals surface area contributed by atoms with Crippen LogP contribution in [0, 0.1) is 5.41 Å². The number of nitrogens with zero attached hydrogens (tertiary/aromatic N) is 2. The first-order chi connectivity index (χ1) is 5.05. The van der Waals surface area contributed by atoms with E-state index in [9.17, 15) is 0 Å². The zero-order valence-corrected chi connectivity index (χ0v) is 7.81. The van der Waals surface area contributed by atoms with Gasteiger partial charge in [0, 0.05) is 5.41 Å². The molecular weight excluding hydrogens is 136 g/mol. The van der Waals surface area contributed by atoms with Crippen molar-refractivity contribution in [2.24, 2.45) is 15.4 Å². The highest BCUT2D eigenvalue weighted by atomic mass is 15.0. The molecule has 2 nitrogen and oxygen atoms in total. The lowest BCUT2D eigenvalue weighted by Crippen LogP contribution is -2.26. The number of hydrogen-bond acceptors (Lipinski definition) is 2. The molecule has 0 aromatic carbocycles. The van der Waals surface area contributed by atoms with Crippen molar-refractivity contribution in [3.63, 3.8) is 0 Å². The van der Waals surface area contributed by atoms with E-state index in [1.54, 1.807) is 0 Å². The minimum Gasteiger partial charge on any atom is -0.265 e. The summed E-state index contributed by atoms with van der Waals surface area (Å²) in [6.45, 7) is 9.33. The van der Waals surface area contributed by atoms with Crippen LogP contribution in [-0.2, 0) is 0 Å². The molecule has 0 fully saturated rings. The number of rotatable bonds is 1. The largest absolute Gasteiger partial charge is 0.265 e. The highest BCUT2D eigenvalue weighted by molar-refractivity contribution is 6.44. The van der Waals surface area contributed by atoms with E-state index in [-0.39, 0.29) is 5.41 Å². The van der Waals surface area contributed by atoms with Crippen LogP contribution in [0.25, 0.3) is 0 Å². The van der Waals surface area contributed by atoms with Crippen molar-refractivity contribution < 1.29 is 0 Å². The minimum atomic E-state index is 0.172. The quantitative estimate of drug-likeness (QED) is 0.551. The van der Waals surface area contributed by atoms with Crippen molar-refractivity contribution in [1.82, 2.24) is 0 Å². The molecule has 0 spiro atoms. The van der Waals surface area contributed by atoms with Crippen molar-refractivity contribution in [3.8, 4) is 0 Å². The molecule has 0 aliphatic carbocycles. The number of aliphatic imine (C=N–C) groups is 2. The van der Waals surface area contributed by atoms with Crippen molar-refractivity contribution in [2.45, 2.75) is 34.1 Å². The van der Waals surface area contributed by atoms with E-state index in [0.29, 0.717) is 6.67 Å². The summed E-state index contributed by atoms with van der Waals surface area (Å²) < 4.78 is 0. The van der Waals surface area contributed by atoms with Gasteiger partial charge >= 0.3 is 0 Å². The van der Waals surface area contributed by atoms with Gasteiger partial charge in [-0.3, -0.25) is 9.98 Å². The topological polar surface area (TPSA) is 24.7 Å². The Morgan fingerprint density at radius 1 is 1.27 bits per heavy atom. The van der Waals surface area contributed by atoms with E-state index in [1.165, 1.54) is 11.4 Å². The van der Waals surface area contributed by atoms with Crippen molar-refractivity contribution >= 4 is 11.4 Å². The monoisotopic (exact) mass is 152 g/mol. The minimum absolute atomic E-state index is 0.172. The number of hydrogen-bond donors (Lipinski definition) is 0. The molecule has 0 atom stereocenters. The van der Waals surface area contributed by atoms with E-state index in [2.05, 4.69) is 37.7 Å². The van der Waals surface area contributed by atoms with Crippen LogP contribution in [0.2, 0.25) is 0 Å². The molecular formula is C9H16N2. The van der Waals surface area contributed by atoms with Gasteiger partial charge in [-0.1, -0.05) is 27.7 Å². The molecule has 0 saturated carbocycles. The lowest BCUT2D eigenvalue weighted by Gasteiger charge is -2.19. The molecule has 1 aliphatic rings. The second-order valence-corrected chi connectivity index (χ2v) is 3.86. The summed E-state index contributed by atoms with van der Waals surface area (Å²) in [5.74, 6) is 0. The molecule has 1 heterocycles. The van der Waals surface area contributed by atoms with Crippen LogP contribution in [0.5, 0.6) is 0 Å². The van der Waals surface area contributed by atoms with E-state index in [1.807, 2.05) is 0 Å². The Labute approximate surface area is 68.4 Å². The first kappa shape index (κ1) is 8.44. The fraction of sp³-hybridized carbons (Fsp3) is 0.778. The second-order valence-electron chi connectivity index (χ2n) is 3.86. The summed E-state index contributed by atoms with van der Waals surface area (Å²) in [5, 5.41) is 0. The third-order valence-corrected chi connectivity index (χ3v) is 1.81. The van der Waals surface area contributed by atoms with Crippen LogP contribution >= 0.6 is 0 Å². The Balaban J connectivity index is 2.83. The third-order valence-electron chi connectivity index (χ3n) is 1.81. The van der Waals surface area contributed by atoms with Crippen molar-refractivity contribution in [2.75, 3.05) is 6.67 Å². The fourth-order valence-electron chi connectivity index (χ4n) is 1.31. The van der Waals surface area contributed by atoms with Gasteiger partial charge in [0.25, 0.3) is 0 Å². The van der Waals surface area contributed by atoms with Crippen LogP contribution in [-0.4, -0.2) is 18.1 Å². The summed E-state index contributed by atoms with van der Waals surface area (Å²) in [4.78, 5) is 8.69. The van der Waals surface area contributed by atoms with Gasteiger partial charge in [-0.25, -0.2) is 0 Å². The molecule has 0 N–H and O–H groups in total. The van der Waals surface area contributed by atoms with Gasteiger partial charge in [0.05, 0.1) is 11.4 Å². The van der Waals surface area contributed by atoms with Crippen molar-refractivity contribution in [3.05, 3.63) is 0 Å². The van der Waals surface area contributed by atoms with Gasteiger partial charge in [-0.15, -0.1) is 0 Å². The SMILES string of the molecule is CCC1=NCN=C1C(C)(C)C. The fourth-order valence-corrected chi connectivity index (χ4v) is 1.31. The zero-order valence-electron chi connectivity index (χ0n) is 7.81. The molecule has 1 aliphatic heterocycles. The standard InChI is InChI=1S/C9H16N2/c1-5-7-8(9(2,3)4)11-6-10-7/h5-6H2,1-4H3. The van der Waals surface area contributed by atoms with Gasteiger partial charge in [0.2, 0.25) is 0 Å². The van der Waals surface area contributed by atoms with Gasteiger partial charge in [-0.05, 0) is 6.42 Å².